The van der Waals surface area contributed by atoms with Gasteiger partial charge >= 0.3 is 0 Å². The van der Waals surface area contributed by atoms with Gasteiger partial charge in [-0.15, -0.1) is 0 Å². The molecule has 2 N–H and O–H groups in total. The van der Waals surface area contributed by atoms with Crippen molar-refractivity contribution in [3.63, 3.8) is 0 Å². The van der Waals surface area contributed by atoms with Crippen LogP contribution < -0.4 is 5.32 Å². The molecule has 13 heavy (non-hydrogen) atoms. The second kappa shape index (κ2) is 3.68. The van der Waals surface area contributed by atoms with Crippen LogP contribution in [0.25, 0.3) is 0 Å². The van der Waals surface area contributed by atoms with E-state index in [9.17, 15) is 0 Å². The molecule has 1 heterocycles. The number of halogens is 1. The second-order valence-corrected chi connectivity index (χ2v) is 4.27. The van der Waals surface area contributed by atoms with Gasteiger partial charge < -0.3 is 10.4 Å². The van der Waals surface area contributed by atoms with E-state index in [0.29, 0.717) is 6.04 Å². The summed E-state index contributed by atoms with van der Waals surface area (Å²) in [7, 11) is 0. The highest BCUT2D eigenvalue weighted by Gasteiger charge is 2.19. The summed E-state index contributed by atoms with van der Waals surface area (Å²) in [4.78, 5) is 0. The smallest absolute Gasteiger partial charge is 0.0450 e. The normalized spacial score (nSPS) is 19.7. The molecule has 0 aromatic heterocycles. The minimum atomic E-state index is 0.257. The van der Waals surface area contributed by atoms with Crippen molar-refractivity contribution >= 4 is 21.6 Å². The molecule has 0 aliphatic carbocycles. The van der Waals surface area contributed by atoms with Gasteiger partial charge in [-0.2, -0.15) is 0 Å². The number of benzene rings is 1. The van der Waals surface area contributed by atoms with Gasteiger partial charge in [-0.25, -0.2) is 0 Å². The molecule has 0 amide bonds. The fourth-order valence-electron chi connectivity index (χ4n) is 1.74. The lowest BCUT2D eigenvalue weighted by molar-refractivity contribution is 0.280. The summed E-state index contributed by atoms with van der Waals surface area (Å²) in [6, 6.07) is 6.67. The zero-order chi connectivity index (χ0) is 9.26. The highest BCUT2D eigenvalue weighted by Crippen LogP contribution is 2.29. The summed E-state index contributed by atoms with van der Waals surface area (Å²) in [6.45, 7) is 0.257. The molecule has 1 aromatic rings. The number of anilines is 1. The first kappa shape index (κ1) is 9.03. The van der Waals surface area contributed by atoms with Crippen LogP contribution in [-0.2, 0) is 6.42 Å². The van der Waals surface area contributed by atoms with Gasteiger partial charge in [-0.3, -0.25) is 0 Å². The third kappa shape index (κ3) is 1.86. The fourth-order valence-corrected chi connectivity index (χ4v) is 2.15. The molecular weight excluding hydrogens is 230 g/mol. The molecule has 0 saturated carbocycles. The van der Waals surface area contributed by atoms with Crippen molar-refractivity contribution in [3.8, 4) is 0 Å². The monoisotopic (exact) mass is 241 g/mol. The van der Waals surface area contributed by atoms with Crippen LogP contribution >= 0.6 is 15.9 Å². The largest absolute Gasteiger partial charge is 0.396 e. The summed E-state index contributed by atoms with van der Waals surface area (Å²) >= 11 is 3.45. The standard InChI is InChI=1S/C10H12BrNO/c11-8-1-2-10-7(5-8)6-9(12-10)3-4-13/h1-2,5,9,12-13H,3-4,6H2. The number of fused-ring (bicyclic) bond motifs is 1. The lowest BCUT2D eigenvalue weighted by Crippen LogP contribution is -2.16. The predicted octanol–water partition coefficient (Wildman–Crippen LogP) is 2.17. The van der Waals surface area contributed by atoms with Gasteiger partial charge in [-0.05, 0) is 36.6 Å². The van der Waals surface area contributed by atoms with Crippen LogP contribution in [0.2, 0.25) is 0 Å². The number of aliphatic hydroxyl groups is 1. The van der Waals surface area contributed by atoms with Gasteiger partial charge in [0.1, 0.15) is 0 Å². The molecule has 2 nitrogen and oxygen atoms in total. The minimum Gasteiger partial charge on any atom is -0.396 e. The van der Waals surface area contributed by atoms with E-state index in [2.05, 4.69) is 33.4 Å². The van der Waals surface area contributed by atoms with E-state index in [1.54, 1.807) is 0 Å². The summed E-state index contributed by atoms with van der Waals surface area (Å²) in [5.41, 5.74) is 2.55. The maximum atomic E-state index is 8.81. The lowest BCUT2D eigenvalue weighted by atomic mass is 10.1. The quantitative estimate of drug-likeness (QED) is 0.832. The highest BCUT2D eigenvalue weighted by molar-refractivity contribution is 9.10. The van der Waals surface area contributed by atoms with Crippen molar-refractivity contribution in [3.05, 3.63) is 28.2 Å². The molecule has 1 atom stereocenters. The van der Waals surface area contributed by atoms with Crippen LogP contribution in [-0.4, -0.2) is 17.8 Å². The molecule has 0 spiro atoms. The third-order valence-corrected chi connectivity index (χ3v) is 2.86. The van der Waals surface area contributed by atoms with E-state index >= 15 is 0 Å². The summed E-state index contributed by atoms with van der Waals surface area (Å²) in [5.74, 6) is 0. The number of aliphatic hydroxyl groups excluding tert-OH is 1. The van der Waals surface area contributed by atoms with Crippen LogP contribution in [0.4, 0.5) is 5.69 Å². The van der Waals surface area contributed by atoms with Crippen molar-refractivity contribution in [2.75, 3.05) is 11.9 Å². The topological polar surface area (TPSA) is 32.3 Å². The van der Waals surface area contributed by atoms with E-state index in [0.717, 1.165) is 17.3 Å². The maximum absolute atomic E-state index is 8.81. The Morgan fingerprint density at radius 2 is 2.38 bits per heavy atom. The zero-order valence-corrected chi connectivity index (χ0v) is 8.84. The van der Waals surface area contributed by atoms with Gasteiger partial charge in [-0.1, -0.05) is 15.9 Å². The third-order valence-electron chi connectivity index (χ3n) is 2.37. The van der Waals surface area contributed by atoms with Crippen molar-refractivity contribution in [2.45, 2.75) is 18.9 Å². The zero-order valence-electron chi connectivity index (χ0n) is 7.26. The van der Waals surface area contributed by atoms with E-state index in [-0.39, 0.29) is 6.61 Å². The average molecular weight is 242 g/mol. The Balaban J connectivity index is 2.16. The summed E-state index contributed by atoms with van der Waals surface area (Å²) in [5, 5.41) is 12.2. The summed E-state index contributed by atoms with van der Waals surface area (Å²) < 4.78 is 1.12. The lowest BCUT2D eigenvalue weighted by Gasteiger charge is -2.07. The van der Waals surface area contributed by atoms with Crippen molar-refractivity contribution in [1.29, 1.82) is 0 Å². The number of hydrogen-bond donors (Lipinski definition) is 2. The maximum Gasteiger partial charge on any atom is 0.0450 e. The van der Waals surface area contributed by atoms with E-state index in [4.69, 9.17) is 5.11 Å². The molecule has 2 rings (SSSR count). The molecule has 3 heteroatoms. The molecule has 1 aromatic carbocycles. The first-order chi connectivity index (χ1) is 6.29. The first-order valence-corrected chi connectivity index (χ1v) is 5.24. The van der Waals surface area contributed by atoms with Gasteiger partial charge in [0.2, 0.25) is 0 Å². The van der Waals surface area contributed by atoms with Crippen LogP contribution in [0.1, 0.15) is 12.0 Å². The molecule has 0 radical (unpaired) electrons. The fraction of sp³-hybridized carbons (Fsp3) is 0.400. The van der Waals surface area contributed by atoms with Crippen LogP contribution in [0.5, 0.6) is 0 Å². The van der Waals surface area contributed by atoms with Crippen LogP contribution in [0, 0.1) is 0 Å². The average Bonchev–Trinajstić information content (AvgIpc) is 2.46. The Bertz CT molecular complexity index is 314. The second-order valence-electron chi connectivity index (χ2n) is 3.36. The predicted molar refractivity (Wildman–Crippen MR) is 57.0 cm³/mol. The Kier molecular flexibility index (Phi) is 2.56. The minimum absolute atomic E-state index is 0.257. The van der Waals surface area contributed by atoms with Gasteiger partial charge in [0.05, 0.1) is 0 Å². The highest BCUT2D eigenvalue weighted by atomic mass is 79.9. The van der Waals surface area contributed by atoms with Gasteiger partial charge in [0, 0.05) is 22.8 Å². The molecule has 0 saturated heterocycles. The molecule has 1 aliphatic heterocycles. The van der Waals surface area contributed by atoms with Crippen LogP contribution in [0.15, 0.2) is 22.7 Å². The Labute approximate surface area is 86.1 Å². The Morgan fingerprint density at radius 3 is 3.15 bits per heavy atom. The first-order valence-electron chi connectivity index (χ1n) is 4.45. The van der Waals surface area contributed by atoms with Crippen molar-refractivity contribution in [2.24, 2.45) is 0 Å². The Hall–Kier alpha value is -0.540. The molecule has 0 bridgehead atoms. The number of rotatable bonds is 2. The molecule has 0 fully saturated rings. The van der Waals surface area contributed by atoms with Crippen LogP contribution in [0.3, 0.4) is 0 Å². The van der Waals surface area contributed by atoms with Crippen molar-refractivity contribution < 1.29 is 5.11 Å². The van der Waals surface area contributed by atoms with Gasteiger partial charge in [0.15, 0.2) is 0 Å². The molecule has 1 unspecified atom stereocenters. The molecule has 70 valence electrons. The molecule has 1 aliphatic rings. The van der Waals surface area contributed by atoms with E-state index in [1.807, 2.05) is 6.07 Å². The van der Waals surface area contributed by atoms with Gasteiger partial charge in [0.25, 0.3) is 0 Å². The number of hydrogen-bond acceptors (Lipinski definition) is 2. The Morgan fingerprint density at radius 1 is 1.54 bits per heavy atom. The summed E-state index contributed by atoms with van der Waals surface area (Å²) in [6.07, 6.45) is 1.85. The van der Waals surface area contributed by atoms with E-state index < -0.39 is 0 Å². The molecular formula is C10H12BrNO. The number of nitrogens with one attached hydrogen (secondary N) is 1. The van der Waals surface area contributed by atoms with E-state index in [1.165, 1.54) is 11.3 Å². The van der Waals surface area contributed by atoms with Crippen molar-refractivity contribution in [1.82, 2.24) is 0 Å². The SMILES string of the molecule is OCCC1Cc2cc(Br)ccc2N1.